The van der Waals surface area contributed by atoms with E-state index in [-0.39, 0.29) is 5.41 Å². The number of ketones is 1. The van der Waals surface area contributed by atoms with E-state index in [1.54, 1.807) is 0 Å². The molecule has 2 N–H and O–H groups in total. The standard InChI is InChI=1S/C25H45NO3/c1-21-22(25(2,3)19-18-23(21)27)17-15-13-11-9-7-5-4-6-8-10-12-14-16-20-26-24(28)29/h26H,4-20H2,1-3H3,(H,28,29). The van der Waals surface area contributed by atoms with Gasteiger partial charge in [-0.3, -0.25) is 4.79 Å². The molecule has 29 heavy (non-hydrogen) atoms. The minimum Gasteiger partial charge on any atom is -0.465 e. The highest BCUT2D eigenvalue weighted by atomic mass is 16.4. The van der Waals surface area contributed by atoms with Crippen LogP contribution < -0.4 is 5.32 Å². The Hall–Kier alpha value is -1.32. The molecular weight excluding hydrogens is 362 g/mol. The molecule has 0 saturated heterocycles. The molecule has 0 aliphatic heterocycles. The predicted octanol–water partition coefficient (Wildman–Crippen LogP) is 7.42. The number of carbonyl (C=O) groups excluding carboxylic acids is 1. The second-order valence-corrected chi connectivity index (χ2v) is 9.49. The van der Waals surface area contributed by atoms with Gasteiger partial charge in [0.25, 0.3) is 0 Å². The molecule has 4 heteroatoms. The normalized spacial score (nSPS) is 16.3. The Bertz CT molecular complexity index is 522. The molecule has 0 unspecified atom stereocenters. The predicted molar refractivity (Wildman–Crippen MR) is 121 cm³/mol. The molecule has 0 spiro atoms. The van der Waals surface area contributed by atoms with Gasteiger partial charge in [-0.05, 0) is 43.6 Å². The smallest absolute Gasteiger partial charge is 0.404 e. The summed E-state index contributed by atoms with van der Waals surface area (Å²) >= 11 is 0. The van der Waals surface area contributed by atoms with Crippen LogP contribution in [-0.2, 0) is 4.79 Å². The Balaban J connectivity index is 1.90. The maximum absolute atomic E-state index is 12.0. The lowest BCUT2D eigenvalue weighted by molar-refractivity contribution is -0.116. The number of hydrogen-bond donors (Lipinski definition) is 2. The molecule has 0 bridgehead atoms. The van der Waals surface area contributed by atoms with Crippen molar-refractivity contribution in [1.29, 1.82) is 0 Å². The Morgan fingerprint density at radius 3 is 1.79 bits per heavy atom. The second-order valence-electron chi connectivity index (χ2n) is 9.49. The molecule has 0 aromatic carbocycles. The highest BCUT2D eigenvalue weighted by Gasteiger charge is 2.31. The molecule has 4 nitrogen and oxygen atoms in total. The summed E-state index contributed by atoms with van der Waals surface area (Å²) in [6.45, 7) is 7.22. The number of carboxylic acid groups (broad SMARTS) is 1. The molecule has 1 aliphatic rings. The maximum Gasteiger partial charge on any atom is 0.404 e. The summed E-state index contributed by atoms with van der Waals surface area (Å²) in [4.78, 5) is 22.3. The Morgan fingerprint density at radius 2 is 1.31 bits per heavy atom. The fraction of sp³-hybridized carbons (Fsp3) is 0.840. The summed E-state index contributed by atoms with van der Waals surface area (Å²) in [7, 11) is 0. The third-order valence-corrected chi connectivity index (χ3v) is 6.54. The van der Waals surface area contributed by atoms with Crippen molar-refractivity contribution in [1.82, 2.24) is 5.32 Å². The number of carbonyl (C=O) groups is 2. The first kappa shape index (κ1) is 25.7. The minimum atomic E-state index is -0.915. The van der Waals surface area contributed by atoms with Gasteiger partial charge in [-0.2, -0.15) is 0 Å². The molecule has 1 amide bonds. The monoisotopic (exact) mass is 407 g/mol. The van der Waals surface area contributed by atoms with E-state index in [1.165, 1.54) is 76.2 Å². The lowest BCUT2D eigenvalue weighted by Crippen LogP contribution is -2.25. The molecule has 0 heterocycles. The number of rotatable bonds is 16. The highest BCUT2D eigenvalue weighted by Crippen LogP contribution is 2.41. The Labute approximate surface area is 178 Å². The van der Waals surface area contributed by atoms with Crippen LogP contribution in [0.4, 0.5) is 4.79 Å². The van der Waals surface area contributed by atoms with Crippen molar-refractivity contribution in [2.45, 2.75) is 124 Å². The van der Waals surface area contributed by atoms with E-state index in [4.69, 9.17) is 5.11 Å². The fourth-order valence-electron chi connectivity index (χ4n) is 4.53. The van der Waals surface area contributed by atoms with Crippen molar-refractivity contribution in [3.8, 4) is 0 Å². The Morgan fingerprint density at radius 1 is 0.862 bits per heavy atom. The second kappa shape index (κ2) is 14.6. The number of nitrogens with one attached hydrogen (secondary N) is 1. The number of Topliss-reactive ketones (excluding diaryl/α,β-unsaturated/α-hetero) is 1. The lowest BCUT2D eigenvalue weighted by atomic mass is 9.70. The van der Waals surface area contributed by atoms with Gasteiger partial charge in [0.1, 0.15) is 0 Å². The summed E-state index contributed by atoms with van der Waals surface area (Å²) in [5.74, 6) is 0.370. The molecular formula is C25H45NO3. The number of hydrogen-bond acceptors (Lipinski definition) is 2. The largest absolute Gasteiger partial charge is 0.465 e. The first-order valence-corrected chi connectivity index (χ1v) is 12.0. The molecule has 0 saturated carbocycles. The van der Waals surface area contributed by atoms with Crippen molar-refractivity contribution in [3.63, 3.8) is 0 Å². The fourth-order valence-corrected chi connectivity index (χ4v) is 4.53. The zero-order valence-corrected chi connectivity index (χ0v) is 19.3. The third-order valence-electron chi connectivity index (χ3n) is 6.54. The number of unbranched alkanes of at least 4 members (excludes halogenated alkanes) is 12. The van der Waals surface area contributed by atoms with Crippen LogP contribution in [0.5, 0.6) is 0 Å². The van der Waals surface area contributed by atoms with Gasteiger partial charge in [0, 0.05) is 13.0 Å². The van der Waals surface area contributed by atoms with Crippen LogP contribution in [0.25, 0.3) is 0 Å². The highest BCUT2D eigenvalue weighted by molar-refractivity contribution is 5.96. The molecule has 1 rings (SSSR count). The van der Waals surface area contributed by atoms with Crippen LogP contribution in [0.1, 0.15) is 124 Å². The zero-order chi connectivity index (χ0) is 21.5. The first-order chi connectivity index (χ1) is 13.8. The molecule has 1 aliphatic carbocycles. The van der Waals surface area contributed by atoms with Crippen LogP contribution in [0, 0.1) is 5.41 Å². The van der Waals surface area contributed by atoms with E-state index in [9.17, 15) is 9.59 Å². The van der Waals surface area contributed by atoms with Gasteiger partial charge in [0.15, 0.2) is 5.78 Å². The Kier molecular flexibility index (Phi) is 13.0. The topological polar surface area (TPSA) is 66.4 Å². The molecule has 0 aromatic rings. The van der Waals surface area contributed by atoms with Gasteiger partial charge in [-0.15, -0.1) is 0 Å². The summed E-state index contributed by atoms with van der Waals surface area (Å²) in [6, 6.07) is 0. The van der Waals surface area contributed by atoms with Crippen molar-refractivity contribution >= 4 is 11.9 Å². The molecule has 0 atom stereocenters. The van der Waals surface area contributed by atoms with E-state index in [0.29, 0.717) is 12.3 Å². The van der Waals surface area contributed by atoms with Crippen LogP contribution in [0.15, 0.2) is 11.1 Å². The number of allylic oxidation sites excluding steroid dienone is 2. The minimum absolute atomic E-state index is 0.216. The number of amides is 1. The van der Waals surface area contributed by atoms with Gasteiger partial charge in [-0.25, -0.2) is 4.79 Å². The molecule has 0 fully saturated rings. The van der Waals surface area contributed by atoms with Crippen molar-refractivity contribution in [3.05, 3.63) is 11.1 Å². The SMILES string of the molecule is CC1=C(CCCCCCCCCCCCCCCNC(=O)O)C(C)(C)CCC1=O. The van der Waals surface area contributed by atoms with E-state index >= 15 is 0 Å². The van der Waals surface area contributed by atoms with E-state index in [1.807, 2.05) is 6.92 Å². The van der Waals surface area contributed by atoms with Gasteiger partial charge >= 0.3 is 6.09 Å². The van der Waals surface area contributed by atoms with Crippen LogP contribution in [-0.4, -0.2) is 23.5 Å². The van der Waals surface area contributed by atoms with Crippen molar-refractivity contribution in [2.24, 2.45) is 5.41 Å². The average molecular weight is 408 g/mol. The van der Waals surface area contributed by atoms with Crippen LogP contribution in [0.2, 0.25) is 0 Å². The maximum atomic E-state index is 12.0. The summed E-state index contributed by atoms with van der Waals surface area (Å²) in [5, 5.41) is 10.9. The third kappa shape index (κ3) is 11.4. The van der Waals surface area contributed by atoms with Gasteiger partial charge < -0.3 is 10.4 Å². The summed E-state index contributed by atoms with van der Waals surface area (Å²) in [5.41, 5.74) is 2.69. The average Bonchev–Trinajstić information content (AvgIpc) is 2.66. The first-order valence-electron chi connectivity index (χ1n) is 12.0. The van der Waals surface area contributed by atoms with E-state index < -0.39 is 6.09 Å². The van der Waals surface area contributed by atoms with Crippen molar-refractivity contribution < 1.29 is 14.7 Å². The summed E-state index contributed by atoms with van der Waals surface area (Å²) < 4.78 is 0. The van der Waals surface area contributed by atoms with Crippen molar-refractivity contribution in [2.75, 3.05) is 6.54 Å². The van der Waals surface area contributed by atoms with Gasteiger partial charge in [0.2, 0.25) is 0 Å². The van der Waals surface area contributed by atoms with Crippen LogP contribution in [0.3, 0.4) is 0 Å². The molecule has 168 valence electrons. The molecule has 0 radical (unpaired) electrons. The lowest BCUT2D eigenvalue weighted by Gasteiger charge is -2.34. The van der Waals surface area contributed by atoms with Gasteiger partial charge in [0.05, 0.1) is 0 Å². The van der Waals surface area contributed by atoms with E-state index in [2.05, 4.69) is 19.2 Å². The summed E-state index contributed by atoms with van der Waals surface area (Å²) in [6.07, 6.45) is 18.4. The van der Waals surface area contributed by atoms with Crippen LogP contribution >= 0.6 is 0 Å². The molecule has 0 aromatic heterocycles. The quantitative estimate of drug-likeness (QED) is 0.262. The van der Waals surface area contributed by atoms with Gasteiger partial charge in [-0.1, -0.05) is 90.0 Å². The zero-order valence-electron chi connectivity index (χ0n) is 19.3. The van der Waals surface area contributed by atoms with E-state index in [0.717, 1.165) is 37.7 Å².